The van der Waals surface area contributed by atoms with Crippen LogP contribution in [-0.2, 0) is 19.0 Å². The number of carbonyl (C=O) groups is 1. The molecule has 2 heterocycles. The summed E-state index contributed by atoms with van der Waals surface area (Å²) in [7, 11) is 0. The van der Waals surface area contributed by atoms with Gasteiger partial charge >= 0.3 is 0 Å². The van der Waals surface area contributed by atoms with Crippen LogP contribution in [0.25, 0.3) is 0 Å². The van der Waals surface area contributed by atoms with E-state index in [2.05, 4.69) is 24.8 Å². The highest BCUT2D eigenvalue weighted by Gasteiger charge is 2.65. The van der Waals surface area contributed by atoms with Gasteiger partial charge in [-0.1, -0.05) is 30.1 Å². The summed E-state index contributed by atoms with van der Waals surface area (Å²) in [6, 6.07) is 21.8. The number of aliphatic hydroxyl groups excluding tert-OH is 3. The minimum atomic E-state index is -1.50. The minimum absolute atomic E-state index is 0.0117. The quantitative estimate of drug-likeness (QED) is 0.0360. The molecule has 13 nitrogen and oxygen atoms in total. The predicted molar refractivity (Wildman–Crippen MR) is 248 cm³/mol. The minimum Gasteiger partial charge on any atom is -0.459 e. The molecule has 2 aliphatic carbocycles. The van der Waals surface area contributed by atoms with Crippen molar-refractivity contribution in [2.24, 2.45) is 22.9 Å². The third-order valence-electron chi connectivity index (χ3n) is 13.0. The predicted octanol–water partition coefficient (Wildman–Crippen LogP) is 8.38. The van der Waals surface area contributed by atoms with E-state index in [9.17, 15) is 20.6 Å². The van der Waals surface area contributed by atoms with Crippen molar-refractivity contribution < 1.29 is 48.6 Å². The van der Waals surface area contributed by atoms with Crippen molar-refractivity contribution >= 4 is 23.4 Å². The Morgan fingerprint density at radius 2 is 1.75 bits per heavy atom. The summed E-state index contributed by atoms with van der Waals surface area (Å²) in [5, 5.41) is 44.2. The van der Waals surface area contributed by atoms with Crippen LogP contribution in [0.4, 0.5) is 0 Å². The van der Waals surface area contributed by atoms with Crippen molar-refractivity contribution in [3.8, 4) is 23.3 Å². The number of aliphatic hydroxyl groups is 3. The number of nitrogens with zero attached hydrogens (tertiary/aromatic N) is 3. The van der Waals surface area contributed by atoms with Crippen molar-refractivity contribution in [3.05, 3.63) is 108 Å². The number of unbranched alkanes of at least 4 members (excludes halogenated alkanes) is 2. The average molecular weight is 910 g/mol. The summed E-state index contributed by atoms with van der Waals surface area (Å²) in [5.74, 6) is -0.636. The number of nitriles is 1. The van der Waals surface area contributed by atoms with Crippen LogP contribution in [0.2, 0.25) is 0 Å². The van der Waals surface area contributed by atoms with E-state index in [0.717, 1.165) is 54.6 Å². The van der Waals surface area contributed by atoms with E-state index in [0.29, 0.717) is 60.0 Å². The second-order valence-corrected chi connectivity index (χ2v) is 17.9. The molecule has 4 aliphatic rings. The van der Waals surface area contributed by atoms with E-state index >= 15 is 4.79 Å². The zero-order valence-electron chi connectivity index (χ0n) is 37.4. The first kappa shape index (κ1) is 48.2. The zero-order chi connectivity index (χ0) is 45.6. The standard InChI is InChI=1S/C51H63N3O10S/c1-3-27-61-51-46(54(23-29-59-30-26-57)50(58)36-15-13-35(34-52)14-16-36)33-44(53-64-47-12-6-9-28-60-47)42-31-37(10-4-7-24-55)41(11-5-8-25-56)48(49(42)51)43-32-39(19-22-45(43)63-51)62-38-17-20-40(65-2)21-18-38/h3,13-22,31-32,37,41,46-49,55-57H,1,4-12,23-30,33H2,2H3. The van der Waals surface area contributed by atoms with Gasteiger partial charge in [0.2, 0.25) is 12.1 Å². The van der Waals surface area contributed by atoms with E-state index in [4.69, 9.17) is 33.7 Å². The van der Waals surface area contributed by atoms with Gasteiger partial charge in [-0.3, -0.25) is 4.79 Å². The highest BCUT2D eigenvalue weighted by Crippen LogP contribution is 2.62. The number of hydrogen-bond donors (Lipinski definition) is 3. The molecule has 0 aromatic heterocycles. The van der Waals surface area contributed by atoms with Crippen LogP contribution in [0.15, 0.2) is 101 Å². The Kier molecular flexibility index (Phi) is 17.5. The Balaban J connectivity index is 1.44. The Morgan fingerprint density at radius 1 is 0.985 bits per heavy atom. The van der Waals surface area contributed by atoms with Gasteiger partial charge in [0.15, 0.2) is 0 Å². The lowest BCUT2D eigenvalue weighted by atomic mass is 9.55. The number of thioether (sulfide) groups is 1. The third kappa shape index (κ3) is 11.3. The van der Waals surface area contributed by atoms with E-state index in [1.807, 2.05) is 42.7 Å². The molecule has 14 heteroatoms. The topological polar surface area (TPSA) is 173 Å². The highest BCUT2D eigenvalue weighted by molar-refractivity contribution is 7.98. The van der Waals surface area contributed by atoms with Gasteiger partial charge in [-0.25, -0.2) is 0 Å². The second-order valence-electron chi connectivity index (χ2n) is 17.0. The summed E-state index contributed by atoms with van der Waals surface area (Å²) in [6.07, 6.45) is 12.7. The Labute approximate surface area is 387 Å². The van der Waals surface area contributed by atoms with Crippen molar-refractivity contribution in [1.82, 2.24) is 4.90 Å². The third-order valence-corrected chi connectivity index (χ3v) is 13.7. The number of ether oxygens (including phenoxy) is 5. The van der Waals surface area contributed by atoms with Crippen LogP contribution in [0.3, 0.4) is 0 Å². The maximum absolute atomic E-state index is 15.1. The summed E-state index contributed by atoms with van der Waals surface area (Å²) >= 11 is 1.66. The number of benzene rings is 3. The Bertz CT molecular complexity index is 2140. The van der Waals surface area contributed by atoms with E-state index < -0.39 is 24.0 Å². The first-order valence-electron chi connectivity index (χ1n) is 23.1. The fraction of sp³-hybridized carbons (Fsp3) is 0.510. The number of rotatable bonds is 23. The molecular weight excluding hydrogens is 847 g/mol. The summed E-state index contributed by atoms with van der Waals surface area (Å²) in [6.45, 7) is 5.01. The summed E-state index contributed by atoms with van der Waals surface area (Å²) in [5.41, 5.74) is 3.29. The molecule has 7 rings (SSSR count). The first-order chi connectivity index (χ1) is 31.9. The molecule has 1 amide bonds. The first-order valence-corrected chi connectivity index (χ1v) is 24.3. The SMILES string of the molecule is C=CCOC12Oc3ccc(Oc4ccc(SC)cc4)cc3C3C(CCCCO)C(CCCCO)C=C(C(=NOC4CCCCO4)CC1N(CCOCCO)C(=O)c1ccc(C#N)cc1)C32. The summed E-state index contributed by atoms with van der Waals surface area (Å²) in [4.78, 5) is 24.3. The number of allylic oxidation sites excluding steroid dienone is 1. The fourth-order valence-corrected chi connectivity index (χ4v) is 10.4. The monoisotopic (exact) mass is 909 g/mol. The van der Waals surface area contributed by atoms with Gasteiger partial charge in [0.25, 0.3) is 5.91 Å². The molecule has 7 unspecified atom stereocenters. The molecule has 65 heavy (non-hydrogen) atoms. The summed E-state index contributed by atoms with van der Waals surface area (Å²) < 4.78 is 32.9. The largest absolute Gasteiger partial charge is 0.459 e. The fourth-order valence-electron chi connectivity index (χ4n) is 9.99. The lowest BCUT2D eigenvalue weighted by molar-refractivity contribution is -0.255. The normalized spacial score (nSPS) is 25.0. The van der Waals surface area contributed by atoms with Gasteiger partial charge in [-0.15, -0.1) is 18.3 Å². The van der Waals surface area contributed by atoms with Crippen LogP contribution in [0.1, 0.15) is 91.6 Å². The molecule has 2 fully saturated rings. The number of hydrogen-bond acceptors (Lipinski definition) is 13. The van der Waals surface area contributed by atoms with Crippen LogP contribution in [-0.4, -0.2) is 109 Å². The zero-order valence-corrected chi connectivity index (χ0v) is 38.2. The molecule has 1 saturated heterocycles. The molecule has 0 spiro atoms. The molecule has 0 bridgehead atoms. The average Bonchev–Trinajstić information content (AvgIpc) is 3.34. The lowest BCUT2D eigenvalue weighted by Gasteiger charge is -2.60. The molecule has 3 aromatic rings. The van der Waals surface area contributed by atoms with Crippen LogP contribution >= 0.6 is 11.8 Å². The number of amides is 1. The lowest BCUT2D eigenvalue weighted by Crippen LogP contribution is -2.70. The number of carbonyl (C=O) groups excluding carboxylic acids is 1. The van der Waals surface area contributed by atoms with Gasteiger partial charge < -0.3 is 48.7 Å². The molecule has 7 atom stereocenters. The Hall–Kier alpha value is -4.72. The molecule has 3 N–H and O–H groups in total. The van der Waals surface area contributed by atoms with Crippen LogP contribution in [0, 0.1) is 29.1 Å². The highest BCUT2D eigenvalue weighted by atomic mass is 32.2. The van der Waals surface area contributed by atoms with Crippen LogP contribution in [0.5, 0.6) is 17.2 Å². The van der Waals surface area contributed by atoms with Gasteiger partial charge in [-0.05, 0) is 129 Å². The van der Waals surface area contributed by atoms with Crippen molar-refractivity contribution in [1.29, 1.82) is 5.26 Å². The van der Waals surface area contributed by atoms with Gasteiger partial charge in [0, 0.05) is 54.5 Å². The second kappa shape index (κ2) is 23.6. The van der Waals surface area contributed by atoms with Gasteiger partial charge in [-0.2, -0.15) is 5.26 Å². The van der Waals surface area contributed by atoms with Gasteiger partial charge in [0.05, 0.1) is 56.3 Å². The van der Waals surface area contributed by atoms with E-state index in [1.54, 1.807) is 47.0 Å². The number of fused-ring (bicyclic) bond motifs is 2. The molecule has 2 aliphatic heterocycles. The van der Waals surface area contributed by atoms with Gasteiger partial charge in [0.1, 0.15) is 23.3 Å². The Morgan fingerprint density at radius 3 is 2.45 bits per heavy atom. The molecule has 348 valence electrons. The maximum atomic E-state index is 15.1. The van der Waals surface area contributed by atoms with Crippen molar-refractivity contribution in [3.63, 3.8) is 0 Å². The number of oxime groups is 1. The van der Waals surface area contributed by atoms with E-state index in [1.165, 1.54) is 0 Å². The van der Waals surface area contributed by atoms with Crippen LogP contribution < -0.4 is 9.47 Å². The molecule has 0 radical (unpaired) electrons. The van der Waals surface area contributed by atoms with Crippen molar-refractivity contribution in [2.45, 2.75) is 93.1 Å². The maximum Gasteiger partial charge on any atom is 0.254 e. The van der Waals surface area contributed by atoms with Crippen molar-refractivity contribution in [2.75, 3.05) is 59.0 Å². The smallest absolute Gasteiger partial charge is 0.254 e. The molecule has 1 saturated carbocycles. The molecule has 3 aromatic carbocycles. The van der Waals surface area contributed by atoms with E-state index in [-0.39, 0.29) is 76.3 Å². The molecular formula is C51H63N3O10S.